The van der Waals surface area contributed by atoms with E-state index in [0.717, 1.165) is 32.5 Å². The highest BCUT2D eigenvalue weighted by Crippen LogP contribution is 2.18. The van der Waals surface area contributed by atoms with Crippen LogP contribution in [0.15, 0.2) is 18.3 Å². The summed E-state index contributed by atoms with van der Waals surface area (Å²) in [6.07, 6.45) is 3.81. The van der Waals surface area contributed by atoms with Crippen LogP contribution in [0.1, 0.15) is 37.0 Å². The zero-order valence-corrected chi connectivity index (χ0v) is 14.1. The van der Waals surface area contributed by atoms with Crippen molar-refractivity contribution in [3.63, 3.8) is 0 Å². The maximum atomic E-state index is 12.6. The van der Waals surface area contributed by atoms with Gasteiger partial charge in [-0.25, -0.2) is 4.98 Å². The van der Waals surface area contributed by atoms with Crippen LogP contribution in [0.5, 0.6) is 5.88 Å². The van der Waals surface area contributed by atoms with Gasteiger partial charge in [0.15, 0.2) is 0 Å². The highest BCUT2D eigenvalue weighted by molar-refractivity contribution is 5.94. The van der Waals surface area contributed by atoms with Crippen LogP contribution in [0.25, 0.3) is 0 Å². The van der Waals surface area contributed by atoms with Gasteiger partial charge in [0, 0.05) is 38.0 Å². The second kappa shape index (κ2) is 7.58. The van der Waals surface area contributed by atoms with Gasteiger partial charge in [-0.2, -0.15) is 0 Å². The van der Waals surface area contributed by atoms with Crippen molar-refractivity contribution >= 4 is 5.91 Å². The lowest BCUT2D eigenvalue weighted by atomic mass is 10.1. The fraction of sp³-hybridized carbons (Fsp3) is 0.647. The first-order valence-corrected chi connectivity index (χ1v) is 8.06. The van der Waals surface area contributed by atoms with Crippen LogP contribution in [0.3, 0.4) is 0 Å². The number of hydrogen-bond donors (Lipinski definition) is 0. The van der Waals surface area contributed by atoms with Gasteiger partial charge in [0.2, 0.25) is 5.88 Å². The van der Waals surface area contributed by atoms with Gasteiger partial charge >= 0.3 is 0 Å². The highest BCUT2D eigenvalue weighted by Gasteiger charge is 2.23. The summed E-state index contributed by atoms with van der Waals surface area (Å²) in [5, 5.41) is 0. The minimum absolute atomic E-state index is 0.0333. The second-order valence-corrected chi connectivity index (χ2v) is 6.32. The third-order valence-corrected chi connectivity index (χ3v) is 4.25. The minimum Gasteiger partial charge on any atom is -0.475 e. The molecular formula is C17H27N3O2. The van der Waals surface area contributed by atoms with Crippen molar-refractivity contribution < 1.29 is 9.53 Å². The van der Waals surface area contributed by atoms with Crippen LogP contribution in [-0.4, -0.2) is 60.5 Å². The summed E-state index contributed by atoms with van der Waals surface area (Å²) in [6, 6.07) is 3.49. The molecule has 2 heterocycles. The van der Waals surface area contributed by atoms with E-state index in [1.54, 1.807) is 18.3 Å². The number of rotatable bonds is 6. The van der Waals surface area contributed by atoms with Gasteiger partial charge < -0.3 is 14.5 Å². The van der Waals surface area contributed by atoms with E-state index >= 15 is 0 Å². The first-order valence-electron chi connectivity index (χ1n) is 8.06. The number of likely N-dealkylation sites (tertiary alicyclic amines) is 1. The number of carbonyl (C=O) groups excluding carboxylic acids is 1. The van der Waals surface area contributed by atoms with Crippen LogP contribution >= 0.6 is 0 Å². The van der Waals surface area contributed by atoms with Crippen molar-refractivity contribution in [2.45, 2.75) is 32.8 Å². The largest absolute Gasteiger partial charge is 0.475 e. The summed E-state index contributed by atoms with van der Waals surface area (Å²) in [4.78, 5) is 20.9. The first kappa shape index (κ1) is 16.7. The monoisotopic (exact) mass is 305 g/mol. The van der Waals surface area contributed by atoms with Gasteiger partial charge in [-0.1, -0.05) is 6.92 Å². The standard InChI is InChI=1S/C17H27N3O2/c1-5-13(2)22-16-10-15(6-8-18-16)17(21)20(4)12-14-7-9-19(3)11-14/h6,8,10,13-14H,5,7,9,11-12H2,1-4H3/t13-,14-/m1/s1. The van der Waals surface area contributed by atoms with Crippen molar-refractivity contribution in [3.8, 4) is 5.88 Å². The maximum Gasteiger partial charge on any atom is 0.253 e. The van der Waals surface area contributed by atoms with E-state index in [4.69, 9.17) is 4.74 Å². The van der Waals surface area contributed by atoms with E-state index in [1.165, 1.54) is 0 Å². The number of carbonyl (C=O) groups is 1. The molecule has 1 aromatic heterocycles. The first-order chi connectivity index (χ1) is 10.5. The molecular weight excluding hydrogens is 278 g/mol. The van der Waals surface area contributed by atoms with Crippen molar-refractivity contribution in [1.82, 2.24) is 14.8 Å². The molecule has 2 rings (SSSR count). The number of nitrogens with zero attached hydrogens (tertiary/aromatic N) is 3. The average Bonchev–Trinajstić information content (AvgIpc) is 2.91. The van der Waals surface area contributed by atoms with Crippen LogP contribution in [0.2, 0.25) is 0 Å². The number of aromatic nitrogens is 1. The zero-order valence-electron chi connectivity index (χ0n) is 14.1. The van der Waals surface area contributed by atoms with Gasteiger partial charge in [-0.3, -0.25) is 4.79 Å². The van der Waals surface area contributed by atoms with E-state index in [0.29, 0.717) is 17.4 Å². The molecule has 0 unspecified atom stereocenters. The number of hydrogen-bond acceptors (Lipinski definition) is 4. The number of pyridine rings is 1. The third-order valence-electron chi connectivity index (χ3n) is 4.25. The molecule has 0 aliphatic carbocycles. The average molecular weight is 305 g/mol. The lowest BCUT2D eigenvalue weighted by molar-refractivity contribution is 0.0773. The Kier molecular flexibility index (Phi) is 5.77. The molecule has 0 saturated carbocycles. The van der Waals surface area contributed by atoms with Gasteiger partial charge in [-0.05, 0) is 45.3 Å². The molecule has 5 nitrogen and oxygen atoms in total. The van der Waals surface area contributed by atoms with E-state index < -0.39 is 0 Å². The highest BCUT2D eigenvalue weighted by atomic mass is 16.5. The summed E-state index contributed by atoms with van der Waals surface area (Å²) < 4.78 is 5.69. The molecule has 0 aromatic carbocycles. The molecule has 5 heteroatoms. The molecule has 22 heavy (non-hydrogen) atoms. The third kappa shape index (κ3) is 4.44. The minimum atomic E-state index is 0.0333. The van der Waals surface area contributed by atoms with Crippen LogP contribution in [0, 0.1) is 5.92 Å². The number of ether oxygens (including phenoxy) is 1. The Labute approximate surface area is 133 Å². The van der Waals surface area contributed by atoms with Gasteiger partial charge in [-0.15, -0.1) is 0 Å². The van der Waals surface area contributed by atoms with Gasteiger partial charge in [0.25, 0.3) is 5.91 Å². The SMILES string of the molecule is CC[C@@H](C)Oc1cc(C(=O)N(C)C[C@@H]2CCN(C)C2)ccn1. The molecule has 1 fully saturated rings. The molecule has 0 radical (unpaired) electrons. The Morgan fingerprint density at radius 1 is 1.59 bits per heavy atom. The van der Waals surface area contributed by atoms with E-state index in [9.17, 15) is 4.79 Å². The van der Waals surface area contributed by atoms with Crippen LogP contribution < -0.4 is 4.74 Å². The molecule has 1 saturated heterocycles. The lowest BCUT2D eigenvalue weighted by Crippen LogP contribution is -2.32. The molecule has 0 spiro atoms. The smallest absolute Gasteiger partial charge is 0.253 e. The Balaban J connectivity index is 1.97. The molecule has 122 valence electrons. The van der Waals surface area contributed by atoms with Crippen molar-refractivity contribution in [2.24, 2.45) is 5.92 Å². The summed E-state index contributed by atoms with van der Waals surface area (Å²) in [5.41, 5.74) is 0.641. The Bertz CT molecular complexity index is 506. The van der Waals surface area contributed by atoms with Crippen LogP contribution in [0.4, 0.5) is 0 Å². The fourth-order valence-electron chi connectivity index (χ4n) is 2.76. The van der Waals surface area contributed by atoms with Gasteiger partial charge in [0.1, 0.15) is 0 Å². The summed E-state index contributed by atoms with van der Waals surface area (Å²) in [5.74, 6) is 1.12. The summed E-state index contributed by atoms with van der Waals surface area (Å²) >= 11 is 0. The normalized spacial score (nSPS) is 19.9. The van der Waals surface area contributed by atoms with E-state index in [1.807, 2.05) is 18.9 Å². The zero-order chi connectivity index (χ0) is 16.1. The fourth-order valence-corrected chi connectivity index (χ4v) is 2.76. The Morgan fingerprint density at radius 2 is 2.36 bits per heavy atom. The van der Waals surface area contributed by atoms with E-state index in [-0.39, 0.29) is 12.0 Å². The quantitative estimate of drug-likeness (QED) is 0.809. The second-order valence-electron chi connectivity index (χ2n) is 6.32. The topological polar surface area (TPSA) is 45.7 Å². The Morgan fingerprint density at radius 3 is 3.00 bits per heavy atom. The predicted octanol–water partition coefficient (Wildman–Crippen LogP) is 2.28. The molecule has 1 aliphatic rings. The Hall–Kier alpha value is -1.62. The summed E-state index contributed by atoms with van der Waals surface area (Å²) in [7, 11) is 4.00. The lowest BCUT2D eigenvalue weighted by Gasteiger charge is -2.21. The maximum absolute atomic E-state index is 12.6. The molecule has 1 amide bonds. The molecule has 0 N–H and O–H groups in total. The molecule has 1 aromatic rings. The van der Waals surface area contributed by atoms with E-state index in [2.05, 4.69) is 23.9 Å². The summed E-state index contributed by atoms with van der Waals surface area (Å²) in [6.45, 7) is 7.04. The number of amides is 1. The van der Waals surface area contributed by atoms with Crippen LogP contribution in [-0.2, 0) is 0 Å². The van der Waals surface area contributed by atoms with Gasteiger partial charge in [0.05, 0.1) is 6.10 Å². The van der Waals surface area contributed by atoms with Crippen molar-refractivity contribution in [1.29, 1.82) is 0 Å². The predicted molar refractivity (Wildman–Crippen MR) is 87.2 cm³/mol. The van der Waals surface area contributed by atoms with Crippen molar-refractivity contribution in [3.05, 3.63) is 23.9 Å². The van der Waals surface area contributed by atoms with Crippen molar-refractivity contribution in [2.75, 3.05) is 33.7 Å². The molecule has 2 atom stereocenters. The molecule has 0 bridgehead atoms. The molecule has 1 aliphatic heterocycles.